The number of ether oxygens (including phenoxy) is 2. The number of likely N-dealkylation sites (N-methyl/N-ethyl adjacent to an activating group) is 1. The fourth-order valence-electron chi connectivity index (χ4n) is 2.80. The average Bonchev–Trinajstić information content (AvgIpc) is 3.04. The number of carbonyl (C=O) groups is 2. The van der Waals surface area contributed by atoms with Gasteiger partial charge in [0.2, 0.25) is 12.7 Å². The zero-order valence-corrected chi connectivity index (χ0v) is 14.3. The number of fused-ring (bicyclic) bond motifs is 1. The minimum absolute atomic E-state index is 0.0167. The molecule has 5 nitrogen and oxygen atoms in total. The van der Waals surface area contributed by atoms with Gasteiger partial charge in [-0.05, 0) is 38.0 Å². The van der Waals surface area contributed by atoms with Gasteiger partial charge >= 0.3 is 0 Å². The maximum absolute atomic E-state index is 12.7. The first-order valence-corrected chi connectivity index (χ1v) is 8.20. The van der Waals surface area contributed by atoms with E-state index in [2.05, 4.69) is 6.92 Å². The van der Waals surface area contributed by atoms with Gasteiger partial charge in [0.1, 0.15) is 0 Å². The second kappa shape index (κ2) is 7.49. The zero-order chi connectivity index (χ0) is 17.0. The van der Waals surface area contributed by atoms with Crippen molar-refractivity contribution in [3.63, 3.8) is 0 Å². The fourth-order valence-corrected chi connectivity index (χ4v) is 2.80. The van der Waals surface area contributed by atoms with Gasteiger partial charge in [0.15, 0.2) is 17.3 Å². The number of nitrogens with zero attached hydrogens (tertiary/aromatic N) is 1. The molecule has 1 unspecified atom stereocenters. The van der Waals surface area contributed by atoms with E-state index in [1.54, 1.807) is 37.1 Å². The standard InChI is InChI=1S/C18H25NO4/c1-5-7-13(6-2)18(21)19(4)12(3)17(20)14-8-9-15-16(10-14)23-11-22-15/h8-10,12-13H,5-7,11H2,1-4H3/t12-,13?/m0/s1. The molecule has 126 valence electrons. The zero-order valence-electron chi connectivity index (χ0n) is 14.3. The van der Waals surface area contributed by atoms with Gasteiger partial charge in [-0.1, -0.05) is 20.3 Å². The van der Waals surface area contributed by atoms with Crippen molar-refractivity contribution in [1.82, 2.24) is 4.90 Å². The molecule has 0 N–H and O–H groups in total. The summed E-state index contributed by atoms with van der Waals surface area (Å²) in [5.74, 6) is 1.15. The van der Waals surface area contributed by atoms with Crippen molar-refractivity contribution >= 4 is 11.7 Å². The van der Waals surface area contributed by atoms with Gasteiger partial charge in [0, 0.05) is 18.5 Å². The third-order valence-electron chi connectivity index (χ3n) is 4.44. The van der Waals surface area contributed by atoms with E-state index >= 15 is 0 Å². The highest BCUT2D eigenvalue weighted by Gasteiger charge is 2.28. The number of amides is 1. The number of rotatable bonds is 7. The van der Waals surface area contributed by atoms with Crippen LogP contribution in [0, 0.1) is 5.92 Å². The number of ketones is 1. The van der Waals surface area contributed by atoms with Crippen LogP contribution in [0.4, 0.5) is 0 Å². The van der Waals surface area contributed by atoms with Crippen molar-refractivity contribution < 1.29 is 19.1 Å². The second-order valence-corrected chi connectivity index (χ2v) is 5.95. The number of hydrogen-bond donors (Lipinski definition) is 0. The fraction of sp³-hybridized carbons (Fsp3) is 0.556. The Morgan fingerprint density at radius 1 is 1.22 bits per heavy atom. The van der Waals surface area contributed by atoms with Crippen molar-refractivity contribution in [2.24, 2.45) is 5.92 Å². The number of hydrogen-bond acceptors (Lipinski definition) is 4. The van der Waals surface area contributed by atoms with Gasteiger partial charge < -0.3 is 14.4 Å². The molecule has 2 atom stereocenters. The lowest BCUT2D eigenvalue weighted by atomic mass is 9.97. The van der Waals surface area contributed by atoms with Crippen molar-refractivity contribution in [3.05, 3.63) is 23.8 Å². The molecule has 23 heavy (non-hydrogen) atoms. The van der Waals surface area contributed by atoms with Crippen LogP contribution in [0.2, 0.25) is 0 Å². The highest BCUT2D eigenvalue weighted by atomic mass is 16.7. The van der Waals surface area contributed by atoms with E-state index in [0.29, 0.717) is 17.1 Å². The van der Waals surface area contributed by atoms with Crippen LogP contribution in [0.3, 0.4) is 0 Å². The number of benzene rings is 1. The largest absolute Gasteiger partial charge is 0.454 e. The van der Waals surface area contributed by atoms with Crippen molar-refractivity contribution in [1.29, 1.82) is 0 Å². The molecule has 0 aliphatic carbocycles. The maximum Gasteiger partial charge on any atom is 0.231 e. The van der Waals surface area contributed by atoms with E-state index in [1.807, 2.05) is 6.92 Å². The number of carbonyl (C=O) groups excluding carboxylic acids is 2. The van der Waals surface area contributed by atoms with Gasteiger partial charge in [-0.2, -0.15) is 0 Å². The van der Waals surface area contributed by atoms with Crippen LogP contribution in [0.25, 0.3) is 0 Å². The van der Waals surface area contributed by atoms with Crippen LogP contribution >= 0.6 is 0 Å². The van der Waals surface area contributed by atoms with Crippen molar-refractivity contribution in [2.45, 2.75) is 46.1 Å². The lowest BCUT2D eigenvalue weighted by molar-refractivity contribution is -0.135. The molecule has 1 aliphatic heterocycles. The van der Waals surface area contributed by atoms with E-state index < -0.39 is 6.04 Å². The molecule has 1 aromatic carbocycles. The Balaban J connectivity index is 2.10. The van der Waals surface area contributed by atoms with Crippen LogP contribution in [0.1, 0.15) is 50.4 Å². The first-order chi connectivity index (χ1) is 11.0. The van der Waals surface area contributed by atoms with Crippen molar-refractivity contribution in [2.75, 3.05) is 13.8 Å². The Morgan fingerprint density at radius 3 is 2.57 bits per heavy atom. The van der Waals surface area contributed by atoms with E-state index in [0.717, 1.165) is 19.3 Å². The molecule has 0 bridgehead atoms. The highest BCUT2D eigenvalue weighted by Crippen LogP contribution is 2.33. The van der Waals surface area contributed by atoms with Crippen LogP contribution in [-0.2, 0) is 4.79 Å². The first kappa shape index (κ1) is 17.3. The van der Waals surface area contributed by atoms with Crippen molar-refractivity contribution in [3.8, 4) is 11.5 Å². The molecule has 0 saturated heterocycles. The van der Waals surface area contributed by atoms with Crippen LogP contribution in [0.5, 0.6) is 11.5 Å². The molecule has 0 aromatic heterocycles. The lowest BCUT2D eigenvalue weighted by Crippen LogP contribution is -2.43. The topological polar surface area (TPSA) is 55.8 Å². The first-order valence-electron chi connectivity index (χ1n) is 8.20. The summed E-state index contributed by atoms with van der Waals surface area (Å²) in [5.41, 5.74) is 0.532. The van der Waals surface area contributed by atoms with Gasteiger partial charge in [-0.15, -0.1) is 0 Å². The second-order valence-electron chi connectivity index (χ2n) is 5.95. The molecule has 1 amide bonds. The predicted molar refractivity (Wildman–Crippen MR) is 87.8 cm³/mol. The molecule has 0 spiro atoms. The quantitative estimate of drug-likeness (QED) is 0.724. The monoisotopic (exact) mass is 319 g/mol. The summed E-state index contributed by atoms with van der Waals surface area (Å²) in [6.07, 6.45) is 2.61. The average molecular weight is 319 g/mol. The smallest absolute Gasteiger partial charge is 0.231 e. The van der Waals surface area contributed by atoms with E-state index in [4.69, 9.17) is 9.47 Å². The molecular weight excluding hydrogens is 294 g/mol. The Morgan fingerprint density at radius 2 is 1.91 bits per heavy atom. The van der Waals surface area contributed by atoms with Gasteiger partial charge in [0.25, 0.3) is 0 Å². The maximum atomic E-state index is 12.7. The molecule has 1 heterocycles. The normalized spacial score (nSPS) is 15.1. The molecule has 1 aliphatic rings. The Bertz CT molecular complexity index is 584. The summed E-state index contributed by atoms with van der Waals surface area (Å²) in [5, 5.41) is 0. The summed E-state index contributed by atoms with van der Waals surface area (Å²) >= 11 is 0. The third kappa shape index (κ3) is 3.66. The number of Topliss-reactive ketones (excluding diaryl/α,β-unsaturated/α-hetero) is 1. The molecule has 0 radical (unpaired) electrons. The predicted octanol–water partition coefficient (Wildman–Crippen LogP) is 3.27. The summed E-state index contributed by atoms with van der Waals surface area (Å²) in [6, 6.07) is 4.63. The molecule has 5 heteroatoms. The summed E-state index contributed by atoms with van der Waals surface area (Å²) in [4.78, 5) is 26.8. The summed E-state index contributed by atoms with van der Waals surface area (Å²) in [7, 11) is 1.70. The molecule has 0 saturated carbocycles. The van der Waals surface area contributed by atoms with Crippen LogP contribution < -0.4 is 9.47 Å². The minimum Gasteiger partial charge on any atom is -0.454 e. The van der Waals surface area contributed by atoms with Crippen LogP contribution in [0.15, 0.2) is 18.2 Å². The van der Waals surface area contributed by atoms with E-state index in [-0.39, 0.29) is 24.4 Å². The summed E-state index contributed by atoms with van der Waals surface area (Å²) < 4.78 is 10.6. The summed E-state index contributed by atoms with van der Waals surface area (Å²) in [6.45, 7) is 6.02. The molecule has 0 fully saturated rings. The Kier molecular flexibility index (Phi) is 5.64. The van der Waals surface area contributed by atoms with Gasteiger partial charge in [-0.3, -0.25) is 9.59 Å². The van der Waals surface area contributed by atoms with E-state index in [9.17, 15) is 9.59 Å². The molecule has 1 aromatic rings. The third-order valence-corrected chi connectivity index (χ3v) is 4.44. The SMILES string of the molecule is CCCC(CC)C(=O)N(C)[C@@H](C)C(=O)c1ccc2c(c1)OCO2. The highest BCUT2D eigenvalue weighted by molar-refractivity contribution is 6.02. The Hall–Kier alpha value is -2.04. The van der Waals surface area contributed by atoms with E-state index in [1.165, 1.54) is 0 Å². The van der Waals surface area contributed by atoms with Gasteiger partial charge in [-0.25, -0.2) is 0 Å². The minimum atomic E-state index is -0.506. The molecular formula is C18H25NO4. The molecule has 2 rings (SSSR count). The van der Waals surface area contributed by atoms with Crippen LogP contribution in [-0.4, -0.2) is 36.5 Å². The Labute approximate surface area is 137 Å². The lowest BCUT2D eigenvalue weighted by Gasteiger charge is -2.27. The van der Waals surface area contributed by atoms with Gasteiger partial charge in [0.05, 0.1) is 6.04 Å².